The number of rotatable bonds is 4. The molecule has 0 spiro atoms. The number of alkyl halides is 5. The van der Waals surface area contributed by atoms with Gasteiger partial charge in [-0.15, -0.1) is 0 Å². The first-order valence-electron chi connectivity index (χ1n) is 3.51. The predicted octanol–water partition coefficient (Wildman–Crippen LogP) is 1.38. The Kier molecular flexibility index (Phi) is 3.81. The molecular weight excluding hydrogens is 213 g/mol. The van der Waals surface area contributed by atoms with E-state index in [1.807, 2.05) is 0 Å². The van der Waals surface area contributed by atoms with Gasteiger partial charge in [0.2, 0.25) is 0 Å². The second kappa shape index (κ2) is 4.07. The van der Waals surface area contributed by atoms with E-state index in [9.17, 15) is 26.7 Å². The quantitative estimate of drug-likeness (QED) is 0.705. The predicted molar refractivity (Wildman–Crippen MR) is 35.8 cm³/mol. The van der Waals surface area contributed by atoms with E-state index in [2.05, 4.69) is 0 Å². The van der Waals surface area contributed by atoms with Crippen LogP contribution >= 0.6 is 0 Å². The standard InChI is InChI=1S/C6H8F5NO2/c7-5(8,6(9,10)11)2-1-3(12)4(13)14/h3H,1-2,12H2,(H,13,14). The van der Waals surface area contributed by atoms with Crippen molar-refractivity contribution in [2.24, 2.45) is 5.73 Å². The van der Waals surface area contributed by atoms with Crippen molar-refractivity contribution in [3.63, 3.8) is 0 Å². The first kappa shape index (κ1) is 13.1. The molecule has 0 amide bonds. The van der Waals surface area contributed by atoms with E-state index in [0.29, 0.717) is 0 Å². The molecule has 0 radical (unpaired) electrons. The fourth-order valence-electron chi connectivity index (χ4n) is 0.602. The molecule has 0 heterocycles. The van der Waals surface area contributed by atoms with Crippen LogP contribution in [0.4, 0.5) is 22.0 Å². The molecule has 8 heteroatoms. The molecule has 1 unspecified atom stereocenters. The average Bonchev–Trinajstić information content (AvgIpc) is 1.97. The zero-order valence-electron chi connectivity index (χ0n) is 6.81. The maximum atomic E-state index is 12.2. The van der Waals surface area contributed by atoms with Crippen molar-refractivity contribution in [3.05, 3.63) is 0 Å². The van der Waals surface area contributed by atoms with Crippen molar-refractivity contribution >= 4 is 5.97 Å². The van der Waals surface area contributed by atoms with Crippen LogP contribution in [0.5, 0.6) is 0 Å². The van der Waals surface area contributed by atoms with E-state index >= 15 is 0 Å². The van der Waals surface area contributed by atoms with E-state index in [-0.39, 0.29) is 0 Å². The molecule has 84 valence electrons. The van der Waals surface area contributed by atoms with Gasteiger partial charge in [-0.3, -0.25) is 4.79 Å². The minimum Gasteiger partial charge on any atom is -0.480 e. The summed E-state index contributed by atoms with van der Waals surface area (Å²) in [4.78, 5) is 10.0. The van der Waals surface area contributed by atoms with Gasteiger partial charge in [0.1, 0.15) is 6.04 Å². The highest BCUT2D eigenvalue weighted by atomic mass is 19.4. The number of nitrogens with two attached hydrogens (primary N) is 1. The van der Waals surface area contributed by atoms with Crippen molar-refractivity contribution in [3.8, 4) is 0 Å². The van der Waals surface area contributed by atoms with Gasteiger partial charge in [0.05, 0.1) is 0 Å². The lowest BCUT2D eigenvalue weighted by Crippen LogP contribution is -2.39. The molecule has 0 aromatic rings. The number of hydrogen-bond donors (Lipinski definition) is 2. The topological polar surface area (TPSA) is 63.3 Å². The summed E-state index contributed by atoms with van der Waals surface area (Å²) in [5.41, 5.74) is 4.77. The van der Waals surface area contributed by atoms with E-state index in [0.717, 1.165) is 0 Å². The Balaban J connectivity index is 4.20. The average molecular weight is 221 g/mol. The Hall–Kier alpha value is -0.920. The summed E-state index contributed by atoms with van der Waals surface area (Å²) < 4.78 is 59.0. The molecule has 0 rings (SSSR count). The van der Waals surface area contributed by atoms with Crippen molar-refractivity contribution in [2.45, 2.75) is 31.0 Å². The molecule has 0 bridgehead atoms. The third-order valence-electron chi connectivity index (χ3n) is 1.50. The fourth-order valence-corrected chi connectivity index (χ4v) is 0.602. The lowest BCUT2D eigenvalue weighted by molar-refractivity contribution is -0.284. The molecule has 3 nitrogen and oxygen atoms in total. The molecule has 0 aliphatic heterocycles. The van der Waals surface area contributed by atoms with Crippen LogP contribution in [0.3, 0.4) is 0 Å². The number of hydrogen-bond acceptors (Lipinski definition) is 2. The van der Waals surface area contributed by atoms with Gasteiger partial charge in [0.25, 0.3) is 0 Å². The molecule has 1 atom stereocenters. The van der Waals surface area contributed by atoms with Crippen molar-refractivity contribution in [2.75, 3.05) is 0 Å². The second-order valence-electron chi connectivity index (χ2n) is 2.69. The molecule has 3 N–H and O–H groups in total. The van der Waals surface area contributed by atoms with E-state index in [1.165, 1.54) is 0 Å². The Labute approximate surface area is 75.7 Å². The largest absolute Gasteiger partial charge is 0.480 e. The van der Waals surface area contributed by atoms with Gasteiger partial charge < -0.3 is 10.8 Å². The first-order chi connectivity index (χ1) is 6.08. The Morgan fingerprint density at radius 1 is 1.29 bits per heavy atom. The lowest BCUT2D eigenvalue weighted by atomic mass is 10.1. The molecule has 0 aliphatic rings. The summed E-state index contributed by atoms with van der Waals surface area (Å²) in [7, 11) is 0. The number of carboxylic acids is 1. The van der Waals surface area contributed by atoms with Crippen LogP contribution in [0.2, 0.25) is 0 Å². The first-order valence-corrected chi connectivity index (χ1v) is 3.51. The summed E-state index contributed by atoms with van der Waals surface area (Å²) in [6, 6.07) is -1.71. The molecule has 0 aromatic carbocycles. The Bertz CT molecular complexity index is 215. The lowest BCUT2D eigenvalue weighted by Gasteiger charge is -2.19. The highest BCUT2D eigenvalue weighted by Gasteiger charge is 2.56. The number of carboxylic acid groups (broad SMARTS) is 1. The number of carbonyl (C=O) groups is 1. The zero-order valence-corrected chi connectivity index (χ0v) is 6.81. The zero-order chi connectivity index (χ0) is 11.6. The molecule has 0 aliphatic carbocycles. The van der Waals surface area contributed by atoms with Gasteiger partial charge in [-0.05, 0) is 6.42 Å². The van der Waals surface area contributed by atoms with Crippen LogP contribution in [-0.4, -0.2) is 29.2 Å². The maximum Gasteiger partial charge on any atom is 0.453 e. The second-order valence-corrected chi connectivity index (χ2v) is 2.69. The van der Waals surface area contributed by atoms with E-state index in [4.69, 9.17) is 10.8 Å². The highest BCUT2D eigenvalue weighted by molar-refractivity contribution is 5.72. The van der Waals surface area contributed by atoms with Gasteiger partial charge in [0.15, 0.2) is 0 Å². The van der Waals surface area contributed by atoms with Gasteiger partial charge in [-0.25, -0.2) is 0 Å². The summed E-state index contributed by atoms with van der Waals surface area (Å²) in [6.45, 7) is 0. The molecule has 0 saturated heterocycles. The van der Waals surface area contributed by atoms with E-state index in [1.54, 1.807) is 0 Å². The summed E-state index contributed by atoms with van der Waals surface area (Å²) in [5.74, 6) is -6.50. The van der Waals surface area contributed by atoms with Crippen molar-refractivity contribution in [1.82, 2.24) is 0 Å². The van der Waals surface area contributed by atoms with Crippen LogP contribution in [0.1, 0.15) is 12.8 Å². The summed E-state index contributed by atoms with van der Waals surface area (Å²) >= 11 is 0. The molecular formula is C6H8F5NO2. The van der Waals surface area contributed by atoms with Crippen LogP contribution in [0, 0.1) is 0 Å². The van der Waals surface area contributed by atoms with Crippen LogP contribution in [-0.2, 0) is 4.79 Å². The minimum absolute atomic E-state index is 0.929. The molecule has 0 aromatic heterocycles. The van der Waals surface area contributed by atoms with Gasteiger partial charge in [-0.2, -0.15) is 22.0 Å². The highest BCUT2D eigenvalue weighted by Crippen LogP contribution is 2.38. The van der Waals surface area contributed by atoms with Gasteiger partial charge in [-0.1, -0.05) is 0 Å². The van der Waals surface area contributed by atoms with Crippen molar-refractivity contribution < 1.29 is 31.9 Å². The Morgan fingerprint density at radius 3 is 2.00 bits per heavy atom. The number of aliphatic carboxylic acids is 1. The van der Waals surface area contributed by atoms with Crippen LogP contribution < -0.4 is 5.73 Å². The third-order valence-corrected chi connectivity index (χ3v) is 1.50. The summed E-state index contributed by atoms with van der Waals surface area (Å²) in [5, 5.41) is 8.13. The summed E-state index contributed by atoms with van der Waals surface area (Å²) in [6.07, 6.45) is -8.21. The van der Waals surface area contributed by atoms with Gasteiger partial charge >= 0.3 is 18.1 Å². The number of halogens is 5. The van der Waals surface area contributed by atoms with Crippen LogP contribution in [0.15, 0.2) is 0 Å². The normalized spacial score (nSPS) is 15.3. The van der Waals surface area contributed by atoms with E-state index < -0.39 is 37.0 Å². The van der Waals surface area contributed by atoms with Crippen molar-refractivity contribution in [1.29, 1.82) is 0 Å². The fraction of sp³-hybridized carbons (Fsp3) is 0.833. The smallest absolute Gasteiger partial charge is 0.453 e. The maximum absolute atomic E-state index is 12.2. The third kappa shape index (κ3) is 3.44. The molecule has 0 saturated carbocycles. The SMILES string of the molecule is NC(CCC(F)(F)C(F)(F)F)C(=O)O. The van der Waals surface area contributed by atoms with Gasteiger partial charge in [0, 0.05) is 6.42 Å². The minimum atomic E-state index is -5.66. The van der Waals surface area contributed by atoms with Crippen LogP contribution in [0.25, 0.3) is 0 Å². The monoisotopic (exact) mass is 221 g/mol. The molecule has 0 fully saturated rings. The molecule has 14 heavy (non-hydrogen) atoms. The Morgan fingerprint density at radius 2 is 1.71 bits per heavy atom.